The smallest absolute Gasteiger partial charge is 0.329 e. The van der Waals surface area contributed by atoms with Crippen molar-refractivity contribution in [2.24, 2.45) is 5.73 Å². The van der Waals surface area contributed by atoms with Crippen LogP contribution in [0.2, 0.25) is 0 Å². The number of carbonyl (C=O) groups is 3. The van der Waals surface area contributed by atoms with Crippen LogP contribution in [-0.4, -0.2) is 42.6 Å². The number of anilines is 1. The molecule has 0 saturated heterocycles. The predicted octanol–water partition coefficient (Wildman–Crippen LogP) is 2.39. The molecular weight excluding hydrogens is 354 g/mol. The van der Waals surface area contributed by atoms with E-state index in [1.54, 1.807) is 0 Å². The molecule has 8 heteroatoms. The molecule has 1 rings (SSSR count). The fraction of sp³-hybridized carbons (Fsp3) is 0.500. The monoisotopic (exact) mass is 381 g/mol. The highest BCUT2D eigenvalue weighted by molar-refractivity contribution is 7.98. The van der Waals surface area contributed by atoms with E-state index in [0.717, 1.165) is 16.8 Å². The lowest BCUT2D eigenvalue weighted by atomic mass is 9.98. The van der Waals surface area contributed by atoms with Gasteiger partial charge in [-0.25, -0.2) is 9.59 Å². The number of rotatable bonds is 9. The number of thioether (sulfide) groups is 1. The first-order valence-corrected chi connectivity index (χ1v) is 9.76. The Bertz CT molecular complexity index is 649. The number of nitrogens with two attached hydrogens (primary N) is 1. The van der Waals surface area contributed by atoms with Crippen molar-refractivity contribution in [1.29, 1.82) is 0 Å². The van der Waals surface area contributed by atoms with Gasteiger partial charge in [0.15, 0.2) is 6.61 Å². The number of primary amides is 1. The number of carbonyl (C=O) groups excluding carboxylic acids is 3. The summed E-state index contributed by atoms with van der Waals surface area (Å²) in [7, 11) is 0. The zero-order valence-corrected chi connectivity index (χ0v) is 16.4. The van der Waals surface area contributed by atoms with E-state index in [1.165, 1.54) is 11.8 Å². The summed E-state index contributed by atoms with van der Waals surface area (Å²) in [6, 6.07) is 4.13. The summed E-state index contributed by atoms with van der Waals surface area (Å²) in [5.74, 6) is -0.227. The molecule has 1 aromatic carbocycles. The molecule has 0 aliphatic heterocycles. The molecule has 0 fully saturated rings. The van der Waals surface area contributed by atoms with E-state index in [2.05, 4.69) is 10.6 Å². The quantitative estimate of drug-likeness (QED) is 0.569. The molecule has 0 bridgehead atoms. The Hall–Kier alpha value is -2.22. The molecule has 4 N–H and O–H groups in total. The van der Waals surface area contributed by atoms with Crippen molar-refractivity contribution in [2.45, 2.75) is 39.2 Å². The molecule has 144 valence electrons. The SMILES string of the molecule is CSCC[C@H](NC(N)=O)C(=O)OCC(=O)Nc1c(C)cccc1C(C)C. The van der Waals surface area contributed by atoms with E-state index < -0.39 is 30.6 Å². The Balaban J connectivity index is 2.68. The average molecular weight is 381 g/mol. The normalized spacial score (nSPS) is 11.7. The molecule has 0 unspecified atom stereocenters. The zero-order valence-electron chi connectivity index (χ0n) is 15.6. The highest BCUT2D eigenvalue weighted by Crippen LogP contribution is 2.27. The molecule has 3 amide bonds. The van der Waals surface area contributed by atoms with Gasteiger partial charge < -0.3 is 21.1 Å². The maximum Gasteiger partial charge on any atom is 0.329 e. The number of amides is 3. The van der Waals surface area contributed by atoms with E-state index in [1.807, 2.05) is 45.2 Å². The minimum absolute atomic E-state index is 0.239. The van der Waals surface area contributed by atoms with Gasteiger partial charge in [0, 0.05) is 5.69 Å². The van der Waals surface area contributed by atoms with Gasteiger partial charge in [-0.05, 0) is 42.4 Å². The predicted molar refractivity (Wildman–Crippen MR) is 104 cm³/mol. The van der Waals surface area contributed by atoms with Crippen LogP contribution in [0.4, 0.5) is 10.5 Å². The Morgan fingerprint density at radius 1 is 1.27 bits per heavy atom. The number of ether oxygens (including phenoxy) is 1. The summed E-state index contributed by atoms with van der Waals surface area (Å²) in [4.78, 5) is 35.3. The van der Waals surface area contributed by atoms with Crippen molar-refractivity contribution in [3.8, 4) is 0 Å². The minimum atomic E-state index is -0.863. The molecule has 0 heterocycles. The number of nitrogens with one attached hydrogen (secondary N) is 2. The van der Waals surface area contributed by atoms with Crippen LogP contribution < -0.4 is 16.4 Å². The second-order valence-electron chi connectivity index (χ2n) is 6.19. The van der Waals surface area contributed by atoms with Gasteiger partial charge in [0.1, 0.15) is 6.04 Å². The summed E-state index contributed by atoms with van der Waals surface area (Å²) >= 11 is 1.53. The number of aryl methyl sites for hydroxylation is 1. The fourth-order valence-electron chi connectivity index (χ4n) is 2.41. The minimum Gasteiger partial charge on any atom is -0.454 e. The van der Waals surface area contributed by atoms with Gasteiger partial charge in [0.05, 0.1) is 0 Å². The number of hydrogen-bond donors (Lipinski definition) is 3. The number of urea groups is 1. The molecule has 0 saturated carbocycles. The maximum absolute atomic E-state index is 12.2. The average Bonchev–Trinajstić information content (AvgIpc) is 2.57. The van der Waals surface area contributed by atoms with Gasteiger partial charge in [-0.15, -0.1) is 0 Å². The molecule has 0 aliphatic carbocycles. The Morgan fingerprint density at radius 3 is 2.54 bits per heavy atom. The third-order valence-electron chi connectivity index (χ3n) is 3.75. The molecule has 7 nitrogen and oxygen atoms in total. The van der Waals surface area contributed by atoms with E-state index in [9.17, 15) is 14.4 Å². The lowest BCUT2D eigenvalue weighted by Gasteiger charge is -2.18. The molecule has 26 heavy (non-hydrogen) atoms. The summed E-state index contributed by atoms with van der Waals surface area (Å²) in [6.07, 6.45) is 2.26. The second-order valence-corrected chi connectivity index (χ2v) is 7.18. The van der Waals surface area contributed by atoms with Crippen molar-refractivity contribution in [3.05, 3.63) is 29.3 Å². The van der Waals surface area contributed by atoms with Crippen LogP contribution in [0, 0.1) is 6.92 Å². The Kier molecular flexibility index (Phi) is 8.98. The first-order valence-electron chi connectivity index (χ1n) is 8.37. The number of benzene rings is 1. The van der Waals surface area contributed by atoms with Crippen molar-refractivity contribution in [1.82, 2.24) is 5.32 Å². The summed E-state index contributed by atoms with van der Waals surface area (Å²) in [5.41, 5.74) is 7.76. The molecule has 1 atom stereocenters. The van der Waals surface area contributed by atoms with Gasteiger partial charge in [-0.1, -0.05) is 32.0 Å². The second kappa shape index (κ2) is 10.7. The highest BCUT2D eigenvalue weighted by Gasteiger charge is 2.22. The van der Waals surface area contributed by atoms with Crippen LogP contribution in [0.1, 0.15) is 37.3 Å². The molecule has 0 aromatic heterocycles. The third-order valence-corrected chi connectivity index (χ3v) is 4.39. The van der Waals surface area contributed by atoms with Crippen molar-refractivity contribution in [3.63, 3.8) is 0 Å². The van der Waals surface area contributed by atoms with Gasteiger partial charge in [0.25, 0.3) is 5.91 Å². The third kappa shape index (κ3) is 6.95. The molecule has 0 spiro atoms. The number of esters is 1. The van der Waals surface area contributed by atoms with Crippen LogP contribution in [-0.2, 0) is 14.3 Å². The van der Waals surface area contributed by atoms with Crippen LogP contribution in [0.3, 0.4) is 0 Å². The largest absolute Gasteiger partial charge is 0.454 e. The molecule has 0 radical (unpaired) electrons. The molecule has 0 aliphatic rings. The van der Waals surface area contributed by atoms with Gasteiger partial charge in [-0.3, -0.25) is 4.79 Å². The van der Waals surface area contributed by atoms with Gasteiger partial charge in [0.2, 0.25) is 0 Å². The maximum atomic E-state index is 12.2. The standard InChI is InChI=1S/C18H27N3O4S/c1-11(2)13-7-5-6-12(3)16(13)21-15(22)10-25-17(23)14(8-9-26-4)20-18(19)24/h5-7,11,14H,8-10H2,1-4H3,(H,21,22)(H3,19,20,24)/t14-/m0/s1. The lowest BCUT2D eigenvalue weighted by Crippen LogP contribution is -2.45. The van der Waals surface area contributed by atoms with Crippen LogP contribution in [0.5, 0.6) is 0 Å². The van der Waals surface area contributed by atoms with E-state index in [-0.39, 0.29) is 5.92 Å². The van der Waals surface area contributed by atoms with E-state index in [0.29, 0.717) is 12.2 Å². The molecular formula is C18H27N3O4S. The fourth-order valence-corrected chi connectivity index (χ4v) is 2.88. The first-order chi connectivity index (χ1) is 12.3. The number of hydrogen-bond acceptors (Lipinski definition) is 5. The first kappa shape index (κ1) is 21.8. The van der Waals surface area contributed by atoms with E-state index in [4.69, 9.17) is 10.5 Å². The Labute approximate surface area is 158 Å². The topological polar surface area (TPSA) is 111 Å². The van der Waals surface area contributed by atoms with Crippen LogP contribution >= 0.6 is 11.8 Å². The summed E-state index contributed by atoms with van der Waals surface area (Å²) < 4.78 is 5.05. The number of para-hydroxylation sites is 1. The summed E-state index contributed by atoms with van der Waals surface area (Å²) in [5, 5.41) is 5.15. The van der Waals surface area contributed by atoms with Crippen molar-refractivity contribution in [2.75, 3.05) is 23.9 Å². The van der Waals surface area contributed by atoms with Crippen molar-refractivity contribution >= 4 is 35.4 Å². The highest BCUT2D eigenvalue weighted by atomic mass is 32.2. The van der Waals surface area contributed by atoms with E-state index >= 15 is 0 Å². The summed E-state index contributed by atoms with van der Waals surface area (Å²) in [6.45, 7) is 5.55. The van der Waals surface area contributed by atoms with Gasteiger partial charge >= 0.3 is 12.0 Å². The molecule has 1 aromatic rings. The van der Waals surface area contributed by atoms with Crippen LogP contribution in [0.25, 0.3) is 0 Å². The zero-order chi connectivity index (χ0) is 19.7. The Morgan fingerprint density at radius 2 is 1.96 bits per heavy atom. The lowest BCUT2D eigenvalue weighted by molar-refractivity contribution is -0.149. The van der Waals surface area contributed by atoms with Crippen LogP contribution in [0.15, 0.2) is 18.2 Å². The van der Waals surface area contributed by atoms with Gasteiger partial charge in [-0.2, -0.15) is 11.8 Å². The van der Waals surface area contributed by atoms with Crippen molar-refractivity contribution < 1.29 is 19.1 Å².